The van der Waals surface area contributed by atoms with E-state index in [1.54, 1.807) is 0 Å². The quantitative estimate of drug-likeness (QED) is 0.153. The number of fused-ring (bicyclic) bond motifs is 3. The van der Waals surface area contributed by atoms with Crippen LogP contribution in [0, 0.1) is 13.8 Å². The molecule has 0 N–H and O–H groups in total. The minimum Gasteiger partial charge on any atom is -0.0622 e. The van der Waals surface area contributed by atoms with Crippen molar-refractivity contribution < 1.29 is 0 Å². The predicted octanol–water partition coefficient (Wildman–Crippen LogP) is 15.0. The zero-order valence-corrected chi connectivity index (χ0v) is 32.3. The van der Waals surface area contributed by atoms with Crippen LogP contribution in [-0.4, -0.2) is 0 Å². The molecule has 1 aliphatic carbocycles. The van der Waals surface area contributed by atoms with Crippen molar-refractivity contribution in [1.82, 2.24) is 0 Å². The van der Waals surface area contributed by atoms with Crippen LogP contribution >= 0.6 is 0 Å². The SMILES string of the molecule is Cc1ccccc1-c1cccc2c1-c1c(C)cccc1C2(c1cccc(-c2cccc(-c3ccccc3)c2)c1)c1cccc(-c2cccc(-c3ccccc3)c2)c1. The van der Waals surface area contributed by atoms with E-state index in [4.69, 9.17) is 0 Å². The Hall–Kier alpha value is -7.02. The fourth-order valence-corrected chi connectivity index (χ4v) is 9.36. The van der Waals surface area contributed by atoms with Crippen molar-refractivity contribution in [3.05, 3.63) is 252 Å². The van der Waals surface area contributed by atoms with Crippen LogP contribution in [0.15, 0.2) is 218 Å². The van der Waals surface area contributed by atoms with Gasteiger partial charge >= 0.3 is 0 Å². The molecule has 10 rings (SSSR count). The van der Waals surface area contributed by atoms with Gasteiger partial charge in [0.15, 0.2) is 0 Å². The number of hydrogen-bond donors (Lipinski definition) is 0. The highest BCUT2D eigenvalue weighted by molar-refractivity contribution is 5.97. The summed E-state index contributed by atoms with van der Waals surface area (Å²) in [6, 6.07) is 80.7. The lowest BCUT2D eigenvalue weighted by atomic mass is 9.66. The molecule has 1 aliphatic rings. The molecule has 0 spiro atoms. The molecular weight excluding hydrogens is 685 g/mol. The first-order valence-electron chi connectivity index (χ1n) is 19.9. The van der Waals surface area contributed by atoms with Gasteiger partial charge in [0.25, 0.3) is 0 Å². The van der Waals surface area contributed by atoms with Crippen molar-refractivity contribution in [1.29, 1.82) is 0 Å². The Morgan fingerprint density at radius 2 is 0.632 bits per heavy atom. The van der Waals surface area contributed by atoms with Gasteiger partial charge in [-0.2, -0.15) is 0 Å². The van der Waals surface area contributed by atoms with Gasteiger partial charge in [-0.1, -0.05) is 194 Å². The monoisotopic (exact) mass is 726 g/mol. The van der Waals surface area contributed by atoms with Crippen molar-refractivity contribution in [2.24, 2.45) is 0 Å². The fraction of sp³-hybridized carbons (Fsp3) is 0.0526. The van der Waals surface area contributed by atoms with E-state index in [1.165, 1.54) is 100 Å². The third-order valence-electron chi connectivity index (χ3n) is 12.0. The van der Waals surface area contributed by atoms with Crippen molar-refractivity contribution in [2.75, 3.05) is 0 Å². The second-order valence-corrected chi connectivity index (χ2v) is 15.3. The largest absolute Gasteiger partial charge is 0.0714 e. The molecule has 0 nitrogen and oxygen atoms in total. The highest BCUT2D eigenvalue weighted by Crippen LogP contribution is 2.59. The molecule has 0 bridgehead atoms. The Morgan fingerprint density at radius 1 is 0.263 bits per heavy atom. The van der Waals surface area contributed by atoms with Crippen LogP contribution in [0.25, 0.3) is 66.8 Å². The lowest BCUT2D eigenvalue weighted by Gasteiger charge is -2.35. The van der Waals surface area contributed by atoms with Crippen LogP contribution < -0.4 is 0 Å². The molecule has 270 valence electrons. The van der Waals surface area contributed by atoms with E-state index in [2.05, 4.69) is 232 Å². The van der Waals surface area contributed by atoms with Gasteiger partial charge in [-0.15, -0.1) is 0 Å². The molecule has 0 unspecified atom stereocenters. The molecule has 0 aromatic heterocycles. The van der Waals surface area contributed by atoms with Crippen molar-refractivity contribution in [3.63, 3.8) is 0 Å². The summed E-state index contributed by atoms with van der Waals surface area (Å²) in [7, 11) is 0. The molecule has 0 saturated carbocycles. The number of benzene rings is 9. The van der Waals surface area contributed by atoms with Crippen LogP contribution in [0.4, 0.5) is 0 Å². The van der Waals surface area contributed by atoms with Gasteiger partial charge in [-0.3, -0.25) is 0 Å². The lowest BCUT2D eigenvalue weighted by molar-refractivity contribution is 0.769. The predicted molar refractivity (Wildman–Crippen MR) is 240 cm³/mol. The molecule has 9 aromatic carbocycles. The first-order valence-corrected chi connectivity index (χ1v) is 19.9. The van der Waals surface area contributed by atoms with E-state index in [0.29, 0.717) is 0 Å². The summed E-state index contributed by atoms with van der Waals surface area (Å²) in [5.74, 6) is 0. The summed E-state index contributed by atoms with van der Waals surface area (Å²) in [6.07, 6.45) is 0. The second-order valence-electron chi connectivity index (χ2n) is 15.3. The third-order valence-corrected chi connectivity index (χ3v) is 12.0. The smallest absolute Gasteiger partial charge is 0.0622 e. The van der Waals surface area contributed by atoms with Crippen molar-refractivity contribution in [3.8, 4) is 66.8 Å². The molecule has 0 saturated heterocycles. The Labute approximate surface area is 336 Å². The third kappa shape index (κ3) is 5.85. The van der Waals surface area contributed by atoms with E-state index < -0.39 is 5.41 Å². The van der Waals surface area contributed by atoms with E-state index in [0.717, 1.165) is 0 Å². The zero-order valence-electron chi connectivity index (χ0n) is 32.3. The van der Waals surface area contributed by atoms with Gasteiger partial charge in [0, 0.05) is 0 Å². The Morgan fingerprint density at radius 3 is 1.18 bits per heavy atom. The fourth-order valence-electron chi connectivity index (χ4n) is 9.36. The molecule has 9 aromatic rings. The number of aryl methyl sites for hydroxylation is 2. The summed E-state index contributed by atoms with van der Waals surface area (Å²) in [5, 5.41) is 0. The molecule has 0 amide bonds. The van der Waals surface area contributed by atoms with Crippen LogP contribution in [0.3, 0.4) is 0 Å². The average Bonchev–Trinajstić information content (AvgIpc) is 3.60. The molecule has 0 atom stereocenters. The van der Waals surface area contributed by atoms with E-state index in [9.17, 15) is 0 Å². The van der Waals surface area contributed by atoms with Crippen molar-refractivity contribution >= 4 is 0 Å². The maximum Gasteiger partial charge on any atom is 0.0714 e. The Balaban J connectivity index is 1.24. The average molecular weight is 727 g/mol. The van der Waals surface area contributed by atoms with Crippen LogP contribution in [0.2, 0.25) is 0 Å². The van der Waals surface area contributed by atoms with Gasteiger partial charge in [-0.25, -0.2) is 0 Å². The first-order chi connectivity index (χ1) is 28.1. The minimum atomic E-state index is -0.588. The topological polar surface area (TPSA) is 0 Å². The van der Waals surface area contributed by atoms with Gasteiger partial charge in [0.05, 0.1) is 5.41 Å². The Bertz CT molecular complexity index is 2790. The highest BCUT2D eigenvalue weighted by atomic mass is 14.5. The minimum absolute atomic E-state index is 0.588. The molecule has 0 heterocycles. The Kier molecular flexibility index (Phi) is 8.61. The van der Waals surface area contributed by atoms with Crippen molar-refractivity contribution in [2.45, 2.75) is 19.3 Å². The summed E-state index contributed by atoms with van der Waals surface area (Å²) < 4.78 is 0. The van der Waals surface area contributed by atoms with Gasteiger partial charge in [0.1, 0.15) is 0 Å². The number of hydrogen-bond acceptors (Lipinski definition) is 0. The van der Waals surface area contributed by atoms with Crippen LogP contribution in [0.5, 0.6) is 0 Å². The zero-order chi connectivity index (χ0) is 38.3. The lowest BCUT2D eigenvalue weighted by Crippen LogP contribution is -2.28. The summed E-state index contributed by atoms with van der Waals surface area (Å²) in [4.78, 5) is 0. The summed E-state index contributed by atoms with van der Waals surface area (Å²) in [5.41, 5.74) is 22.0. The number of rotatable bonds is 7. The molecular formula is C57H42. The maximum atomic E-state index is 2.45. The molecule has 57 heavy (non-hydrogen) atoms. The van der Waals surface area contributed by atoms with E-state index in [1.807, 2.05) is 0 Å². The normalized spacial score (nSPS) is 12.5. The summed E-state index contributed by atoms with van der Waals surface area (Å²) >= 11 is 0. The van der Waals surface area contributed by atoms with Gasteiger partial charge in [0.2, 0.25) is 0 Å². The van der Waals surface area contributed by atoms with E-state index in [-0.39, 0.29) is 0 Å². The molecule has 0 fully saturated rings. The highest BCUT2D eigenvalue weighted by Gasteiger charge is 2.47. The summed E-state index contributed by atoms with van der Waals surface area (Å²) in [6.45, 7) is 4.51. The molecule has 0 radical (unpaired) electrons. The van der Waals surface area contributed by atoms with Crippen LogP contribution in [0.1, 0.15) is 33.4 Å². The molecule has 0 heteroatoms. The maximum absolute atomic E-state index is 2.45. The molecule has 0 aliphatic heterocycles. The first kappa shape index (κ1) is 34.5. The second kappa shape index (κ2) is 14.2. The van der Waals surface area contributed by atoms with E-state index >= 15 is 0 Å². The van der Waals surface area contributed by atoms with Crippen LogP contribution in [-0.2, 0) is 5.41 Å². The van der Waals surface area contributed by atoms with Gasteiger partial charge < -0.3 is 0 Å². The standard InChI is InChI=1S/C57H42/c1-39-17-9-10-31-51(39)52-32-16-34-54-56(52)55-40(2)18-11-33-53(55)57(54,49-29-14-27-47(37-49)45-25-12-23-43(35-45)41-19-5-3-6-20-41)50-30-15-28-48(38-50)46-26-13-24-44(36-46)42-21-7-4-8-22-42/h3-38H,1-2H3. The van der Waals surface area contributed by atoms with Gasteiger partial charge in [-0.05, 0) is 138 Å².